The Morgan fingerprint density at radius 2 is 2.12 bits per heavy atom. The molecule has 3 heteroatoms. The normalized spacial score (nSPS) is 21.6. The fourth-order valence-electron chi connectivity index (χ4n) is 2.49. The van der Waals surface area contributed by atoms with E-state index in [-0.39, 0.29) is 5.82 Å². The molecule has 1 aliphatic rings. The van der Waals surface area contributed by atoms with Crippen molar-refractivity contribution in [1.82, 2.24) is 4.90 Å². The highest BCUT2D eigenvalue weighted by Gasteiger charge is 2.20. The van der Waals surface area contributed by atoms with E-state index in [4.69, 9.17) is 0 Å². The molecule has 0 bridgehead atoms. The quantitative estimate of drug-likeness (QED) is 0.768. The minimum absolute atomic E-state index is 0.0695. The zero-order chi connectivity index (χ0) is 12.1. The Bertz CT molecular complexity index is 356. The molecule has 0 radical (unpaired) electrons. The summed E-state index contributed by atoms with van der Waals surface area (Å²) in [7, 11) is 0. The molecule has 0 N–H and O–H groups in total. The molecule has 0 unspecified atom stereocenters. The van der Waals surface area contributed by atoms with Crippen molar-refractivity contribution in [3.63, 3.8) is 0 Å². The Morgan fingerprint density at radius 1 is 1.29 bits per heavy atom. The van der Waals surface area contributed by atoms with Gasteiger partial charge in [-0.2, -0.15) is 0 Å². The summed E-state index contributed by atoms with van der Waals surface area (Å²) in [5.41, 5.74) is 0.839. The van der Waals surface area contributed by atoms with E-state index >= 15 is 0 Å². The number of hydrogen-bond acceptors (Lipinski definition) is 1. The van der Waals surface area contributed by atoms with Crippen molar-refractivity contribution in [2.24, 2.45) is 0 Å². The van der Waals surface area contributed by atoms with Crippen molar-refractivity contribution < 1.29 is 4.39 Å². The van der Waals surface area contributed by atoms with Crippen LogP contribution in [-0.4, -0.2) is 29.4 Å². The summed E-state index contributed by atoms with van der Waals surface area (Å²) < 4.78 is 13.5. The molecule has 17 heavy (non-hydrogen) atoms. The van der Waals surface area contributed by atoms with E-state index < -0.39 is 0 Å². The van der Waals surface area contributed by atoms with Crippen LogP contribution in [0.25, 0.3) is 0 Å². The van der Waals surface area contributed by atoms with Crippen LogP contribution in [0, 0.1) is 5.82 Å². The first-order valence-electron chi connectivity index (χ1n) is 6.34. The molecular formula is C14H19BrFN. The summed E-state index contributed by atoms with van der Waals surface area (Å²) >= 11 is 3.58. The first-order valence-corrected chi connectivity index (χ1v) is 7.47. The highest BCUT2D eigenvalue weighted by Crippen LogP contribution is 2.19. The van der Waals surface area contributed by atoms with E-state index in [2.05, 4.69) is 20.8 Å². The van der Waals surface area contributed by atoms with E-state index in [9.17, 15) is 4.39 Å². The minimum Gasteiger partial charge on any atom is -0.299 e. The first kappa shape index (κ1) is 13.0. The predicted molar refractivity (Wildman–Crippen MR) is 73.1 cm³/mol. The molecule has 1 heterocycles. The fourth-order valence-corrected chi connectivity index (χ4v) is 3.23. The zero-order valence-electron chi connectivity index (χ0n) is 10.0. The average molecular weight is 300 g/mol. The largest absolute Gasteiger partial charge is 0.299 e. The van der Waals surface area contributed by atoms with Gasteiger partial charge in [0.15, 0.2) is 0 Å². The topological polar surface area (TPSA) is 3.24 Å². The smallest absolute Gasteiger partial charge is 0.126 e. The first-order chi connectivity index (χ1) is 8.31. The fraction of sp³-hybridized carbons (Fsp3) is 0.571. The summed E-state index contributed by atoms with van der Waals surface area (Å²) in [6.45, 7) is 2.13. The molecule has 1 nitrogen and oxygen atoms in total. The summed E-state index contributed by atoms with van der Waals surface area (Å²) in [6, 6.07) is 7.74. The van der Waals surface area contributed by atoms with Gasteiger partial charge in [0.25, 0.3) is 0 Å². The summed E-state index contributed by atoms with van der Waals surface area (Å²) in [5.74, 6) is -0.0695. The molecule has 1 saturated heterocycles. The van der Waals surface area contributed by atoms with Gasteiger partial charge < -0.3 is 0 Å². The number of nitrogens with zero attached hydrogens (tertiary/aromatic N) is 1. The number of rotatable bonds is 4. The highest BCUT2D eigenvalue weighted by atomic mass is 79.9. The van der Waals surface area contributed by atoms with Gasteiger partial charge in [-0.25, -0.2) is 4.39 Å². The lowest BCUT2D eigenvalue weighted by atomic mass is 10.0. The second-order valence-corrected chi connectivity index (χ2v) is 5.33. The van der Waals surface area contributed by atoms with E-state index in [1.54, 1.807) is 12.1 Å². The molecule has 0 amide bonds. The summed E-state index contributed by atoms with van der Waals surface area (Å²) in [4.78, 5) is 2.49. The van der Waals surface area contributed by atoms with E-state index in [1.165, 1.54) is 19.3 Å². The Kier molecular flexibility index (Phi) is 4.99. The van der Waals surface area contributed by atoms with Crippen LogP contribution in [0.1, 0.15) is 24.8 Å². The van der Waals surface area contributed by atoms with Crippen LogP contribution < -0.4 is 0 Å². The molecule has 94 valence electrons. The van der Waals surface area contributed by atoms with Gasteiger partial charge in [-0.3, -0.25) is 4.90 Å². The van der Waals surface area contributed by atoms with Gasteiger partial charge >= 0.3 is 0 Å². The van der Waals surface area contributed by atoms with E-state index in [0.717, 1.165) is 30.4 Å². The highest BCUT2D eigenvalue weighted by molar-refractivity contribution is 9.09. The van der Waals surface area contributed by atoms with Gasteiger partial charge in [0.1, 0.15) is 5.82 Å². The third-order valence-corrected chi connectivity index (χ3v) is 4.30. The summed E-state index contributed by atoms with van der Waals surface area (Å²) in [5, 5.41) is 1.03. The Hall–Kier alpha value is -0.410. The van der Waals surface area contributed by atoms with Crippen LogP contribution in [0.4, 0.5) is 4.39 Å². The van der Waals surface area contributed by atoms with Gasteiger partial charge in [-0.05, 0) is 37.4 Å². The molecule has 0 aliphatic carbocycles. The zero-order valence-corrected chi connectivity index (χ0v) is 11.6. The molecule has 0 saturated carbocycles. The van der Waals surface area contributed by atoms with Crippen LogP contribution in [0.5, 0.6) is 0 Å². The van der Waals surface area contributed by atoms with Crippen molar-refractivity contribution in [3.8, 4) is 0 Å². The Balaban J connectivity index is 1.90. The van der Waals surface area contributed by atoms with E-state index in [0.29, 0.717) is 6.04 Å². The van der Waals surface area contributed by atoms with Crippen LogP contribution in [0.2, 0.25) is 0 Å². The average Bonchev–Trinajstić information content (AvgIpc) is 2.38. The van der Waals surface area contributed by atoms with Gasteiger partial charge in [0.05, 0.1) is 0 Å². The van der Waals surface area contributed by atoms with Crippen molar-refractivity contribution in [1.29, 1.82) is 0 Å². The molecule has 1 atom stereocenters. The van der Waals surface area contributed by atoms with E-state index in [1.807, 2.05) is 12.1 Å². The Labute approximate surface area is 111 Å². The van der Waals surface area contributed by atoms with Crippen LogP contribution in [0.3, 0.4) is 0 Å². The molecule has 0 spiro atoms. The third-order valence-electron chi connectivity index (χ3n) is 3.55. The number of halogens is 2. The number of alkyl halides is 1. The maximum absolute atomic E-state index is 13.5. The monoisotopic (exact) mass is 299 g/mol. The molecule has 1 aromatic carbocycles. The van der Waals surface area contributed by atoms with Crippen LogP contribution in [0.15, 0.2) is 24.3 Å². The molecule has 2 rings (SSSR count). The van der Waals surface area contributed by atoms with Crippen molar-refractivity contribution in [2.45, 2.75) is 31.7 Å². The molecule has 1 aliphatic heterocycles. The second-order valence-electron chi connectivity index (χ2n) is 4.68. The van der Waals surface area contributed by atoms with Crippen molar-refractivity contribution in [2.75, 3.05) is 18.4 Å². The van der Waals surface area contributed by atoms with Crippen LogP contribution in [-0.2, 0) is 6.42 Å². The van der Waals surface area contributed by atoms with Crippen LogP contribution >= 0.6 is 15.9 Å². The number of piperidine rings is 1. The molecular weight excluding hydrogens is 281 g/mol. The van der Waals surface area contributed by atoms with Gasteiger partial charge in [-0.15, -0.1) is 0 Å². The predicted octanol–water partition coefficient (Wildman–Crippen LogP) is 3.62. The lowest BCUT2D eigenvalue weighted by Gasteiger charge is -2.34. The van der Waals surface area contributed by atoms with Gasteiger partial charge in [0.2, 0.25) is 0 Å². The van der Waals surface area contributed by atoms with Gasteiger partial charge in [0, 0.05) is 17.9 Å². The number of likely N-dealkylation sites (tertiary alicyclic amines) is 1. The lowest BCUT2D eigenvalue weighted by molar-refractivity contribution is 0.166. The maximum atomic E-state index is 13.5. The maximum Gasteiger partial charge on any atom is 0.126 e. The summed E-state index contributed by atoms with van der Waals surface area (Å²) in [6.07, 6.45) is 4.69. The minimum atomic E-state index is -0.0695. The second kappa shape index (κ2) is 6.50. The third kappa shape index (κ3) is 3.52. The van der Waals surface area contributed by atoms with Gasteiger partial charge in [-0.1, -0.05) is 40.5 Å². The number of benzene rings is 1. The Morgan fingerprint density at radius 3 is 2.88 bits per heavy atom. The molecule has 1 fully saturated rings. The standard InChI is InChI=1S/C14H19BrFN/c15-11-13-6-3-4-9-17(13)10-8-12-5-1-2-7-14(12)16/h1-2,5,7,13H,3-4,6,8-11H2/t13-/m1/s1. The number of hydrogen-bond donors (Lipinski definition) is 0. The molecule has 0 aromatic heterocycles. The SMILES string of the molecule is Fc1ccccc1CCN1CCCC[C@@H]1CBr. The lowest BCUT2D eigenvalue weighted by Crippen LogP contribution is -2.41. The molecule has 1 aromatic rings. The van der Waals surface area contributed by atoms with Crippen molar-refractivity contribution >= 4 is 15.9 Å². The van der Waals surface area contributed by atoms with Crippen molar-refractivity contribution in [3.05, 3.63) is 35.6 Å².